The third kappa shape index (κ3) is 4.20. The van der Waals surface area contributed by atoms with E-state index in [0.29, 0.717) is 29.3 Å². The smallest absolute Gasteiger partial charge is 0.362 e. The number of methoxy groups -OCH3 is 1. The van der Waals surface area contributed by atoms with E-state index in [-0.39, 0.29) is 5.69 Å². The molecule has 2 aromatic carbocycles. The lowest BCUT2D eigenvalue weighted by molar-refractivity contribution is 0.262. The number of hydrogen-bond donors (Lipinski definition) is 3. The second-order valence-corrected chi connectivity index (χ2v) is 5.87. The Hall–Kier alpha value is -3.48. The first-order chi connectivity index (χ1) is 13.1. The van der Waals surface area contributed by atoms with Gasteiger partial charge in [0.05, 0.1) is 12.8 Å². The lowest BCUT2D eigenvalue weighted by atomic mass is 10.2. The van der Waals surface area contributed by atoms with Crippen LogP contribution in [0.25, 0.3) is 11.0 Å². The van der Waals surface area contributed by atoms with Gasteiger partial charge in [0.2, 0.25) is 0 Å². The number of benzene rings is 2. The van der Waals surface area contributed by atoms with E-state index < -0.39 is 11.7 Å². The van der Waals surface area contributed by atoms with E-state index >= 15 is 0 Å². The largest absolute Gasteiger partial charge is 0.497 e. The van der Waals surface area contributed by atoms with Crippen LogP contribution in [0, 0.1) is 0 Å². The Morgan fingerprint density at radius 3 is 2.67 bits per heavy atom. The number of para-hydroxylation sites is 1. The maximum atomic E-state index is 12.4. The minimum absolute atomic E-state index is 0.0718. The molecule has 0 radical (unpaired) electrons. The van der Waals surface area contributed by atoms with Gasteiger partial charge >= 0.3 is 11.7 Å². The molecule has 7 heteroatoms. The second kappa shape index (κ2) is 8.27. The van der Waals surface area contributed by atoms with E-state index in [9.17, 15) is 9.59 Å². The van der Waals surface area contributed by atoms with Crippen molar-refractivity contribution in [2.45, 2.75) is 13.3 Å². The summed E-state index contributed by atoms with van der Waals surface area (Å²) < 4.78 is 10.5. The van der Waals surface area contributed by atoms with Gasteiger partial charge in [-0.3, -0.25) is 5.32 Å². The van der Waals surface area contributed by atoms with Gasteiger partial charge in [-0.25, -0.2) is 9.59 Å². The molecular formula is C20H21N3O4. The second-order valence-electron chi connectivity index (χ2n) is 5.87. The molecule has 3 aromatic rings. The number of urea groups is 1. The summed E-state index contributed by atoms with van der Waals surface area (Å²) in [6, 6.07) is 13.6. The van der Waals surface area contributed by atoms with Gasteiger partial charge in [-0.05, 0) is 30.7 Å². The van der Waals surface area contributed by atoms with Crippen LogP contribution in [0.2, 0.25) is 0 Å². The molecule has 0 fully saturated rings. The van der Waals surface area contributed by atoms with Gasteiger partial charge < -0.3 is 19.8 Å². The van der Waals surface area contributed by atoms with Crippen LogP contribution >= 0.6 is 0 Å². The summed E-state index contributed by atoms with van der Waals surface area (Å²) in [7, 11) is 1.55. The summed E-state index contributed by atoms with van der Waals surface area (Å²) >= 11 is 0. The number of ether oxygens (including phenoxy) is 1. The van der Waals surface area contributed by atoms with Crippen LogP contribution in [0.3, 0.4) is 0 Å². The van der Waals surface area contributed by atoms with Gasteiger partial charge in [-0.15, -0.1) is 0 Å². The predicted molar refractivity (Wildman–Crippen MR) is 107 cm³/mol. The molecule has 7 nitrogen and oxygen atoms in total. The van der Waals surface area contributed by atoms with E-state index in [2.05, 4.69) is 16.0 Å². The zero-order chi connectivity index (χ0) is 19.2. The van der Waals surface area contributed by atoms with Crippen LogP contribution in [-0.2, 0) is 0 Å². The summed E-state index contributed by atoms with van der Waals surface area (Å²) in [6.07, 6.45) is 0.865. The maximum Gasteiger partial charge on any atom is 0.362 e. The molecule has 0 saturated heterocycles. The molecule has 0 aliphatic carbocycles. The van der Waals surface area contributed by atoms with Crippen molar-refractivity contribution in [3.05, 3.63) is 59.0 Å². The molecule has 0 unspecified atom stereocenters. The molecule has 0 aliphatic heterocycles. The fourth-order valence-corrected chi connectivity index (χ4v) is 2.67. The summed E-state index contributed by atoms with van der Waals surface area (Å²) in [5.41, 5.74) is 1.00. The Balaban J connectivity index is 1.91. The highest BCUT2D eigenvalue weighted by Gasteiger charge is 2.16. The summed E-state index contributed by atoms with van der Waals surface area (Å²) in [5.74, 6) is 0.614. The molecule has 3 rings (SSSR count). The van der Waals surface area contributed by atoms with Crippen molar-refractivity contribution in [2.24, 2.45) is 0 Å². The van der Waals surface area contributed by atoms with Crippen molar-refractivity contribution in [3.63, 3.8) is 0 Å². The topological polar surface area (TPSA) is 92.6 Å². The quantitative estimate of drug-likeness (QED) is 0.566. The average Bonchev–Trinajstić information content (AvgIpc) is 2.68. The van der Waals surface area contributed by atoms with Gasteiger partial charge in [-0.2, -0.15) is 0 Å². The van der Waals surface area contributed by atoms with Crippen LogP contribution < -0.4 is 26.3 Å². The van der Waals surface area contributed by atoms with E-state index in [1.165, 1.54) is 0 Å². The monoisotopic (exact) mass is 367 g/mol. The first kappa shape index (κ1) is 18.3. The molecule has 0 atom stereocenters. The fourth-order valence-electron chi connectivity index (χ4n) is 2.67. The van der Waals surface area contributed by atoms with Gasteiger partial charge in [0, 0.05) is 23.7 Å². The summed E-state index contributed by atoms with van der Waals surface area (Å²) in [5, 5.41) is 9.23. The van der Waals surface area contributed by atoms with Crippen LogP contribution in [0.15, 0.2) is 57.7 Å². The van der Waals surface area contributed by atoms with E-state index in [4.69, 9.17) is 9.15 Å². The van der Waals surface area contributed by atoms with Gasteiger partial charge in [-0.1, -0.05) is 25.1 Å². The molecule has 1 aromatic heterocycles. The number of fused-ring (bicyclic) bond motifs is 1. The van der Waals surface area contributed by atoms with Crippen molar-refractivity contribution in [1.82, 2.24) is 0 Å². The van der Waals surface area contributed by atoms with Crippen LogP contribution in [0.4, 0.5) is 21.9 Å². The SMILES string of the molecule is CCCNc1c(NC(=O)Nc2cccc(OC)c2)c(=O)oc2ccccc12. The maximum absolute atomic E-state index is 12.4. The highest BCUT2D eigenvalue weighted by Crippen LogP contribution is 2.28. The van der Waals surface area contributed by atoms with E-state index in [0.717, 1.165) is 11.8 Å². The number of carbonyl (C=O) groups excluding carboxylic acids is 1. The number of carbonyl (C=O) groups is 1. The highest BCUT2D eigenvalue weighted by molar-refractivity contribution is 6.05. The first-order valence-corrected chi connectivity index (χ1v) is 8.64. The highest BCUT2D eigenvalue weighted by atomic mass is 16.5. The van der Waals surface area contributed by atoms with Crippen molar-refractivity contribution in [1.29, 1.82) is 0 Å². The minimum atomic E-state index is -0.618. The number of hydrogen-bond acceptors (Lipinski definition) is 5. The lowest BCUT2D eigenvalue weighted by Crippen LogP contribution is -2.24. The fraction of sp³-hybridized carbons (Fsp3) is 0.200. The Bertz CT molecular complexity index is 1010. The van der Waals surface area contributed by atoms with Gasteiger partial charge in [0.25, 0.3) is 0 Å². The Morgan fingerprint density at radius 2 is 1.89 bits per heavy atom. The van der Waals surface area contributed by atoms with Crippen LogP contribution in [0.5, 0.6) is 5.75 Å². The van der Waals surface area contributed by atoms with Crippen molar-refractivity contribution < 1.29 is 13.9 Å². The molecule has 27 heavy (non-hydrogen) atoms. The Morgan fingerprint density at radius 1 is 1.07 bits per heavy atom. The average molecular weight is 367 g/mol. The molecule has 0 aliphatic rings. The third-order valence-corrected chi connectivity index (χ3v) is 3.93. The molecule has 1 heterocycles. The minimum Gasteiger partial charge on any atom is -0.497 e. The molecule has 2 amide bonds. The van der Waals surface area contributed by atoms with Gasteiger partial charge in [0.15, 0.2) is 5.69 Å². The summed E-state index contributed by atoms with van der Waals surface area (Å²) in [4.78, 5) is 24.9. The molecule has 0 spiro atoms. The number of amides is 2. The third-order valence-electron chi connectivity index (χ3n) is 3.93. The van der Waals surface area contributed by atoms with Gasteiger partial charge in [0.1, 0.15) is 11.3 Å². The van der Waals surface area contributed by atoms with Crippen molar-refractivity contribution >= 4 is 34.1 Å². The number of nitrogens with one attached hydrogen (secondary N) is 3. The van der Waals surface area contributed by atoms with Crippen molar-refractivity contribution in [2.75, 3.05) is 29.6 Å². The normalized spacial score (nSPS) is 10.4. The standard InChI is InChI=1S/C20H21N3O4/c1-3-11-21-17-15-9-4-5-10-16(15)27-19(24)18(17)23-20(25)22-13-7-6-8-14(12-13)26-2/h4-10,12,21H,3,11H2,1-2H3,(H2,22,23,25). The predicted octanol–water partition coefficient (Wildman–Crippen LogP) is 4.27. The summed E-state index contributed by atoms with van der Waals surface area (Å²) in [6.45, 7) is 2.67. The molecule has 140 valence electrons. The molecular weight excluding hydrogens is 346 g/mol. The van der Waals surface area contributed by atoms with E-state index in [1.54, 1.807) is 43.5 Å². The van der Waals surface area contributed by atoms with Crippen molar-refractivity contribution in [3.8, 4) is 5.75 Å². The lowest BCUT2D eigenvalue weighted by Gasteiger charge is -2.14. The number of rotatable bonds is 6. The first-order valence-electron chi connectivity index (χ1n) is 8.64. The zero-order valence-electron chi connectivity index (χ0n) is 15.2. The van der Waals surface area contributed by atoms with Crippen LogP contribution in [-0.4, -0.2) is 19.7 Å². The van der Waals surface area contributed by atoms with E-state index in [1.807, 2.05) is 19.1 Å². The molecule has 0 saturated carbocycles. The molecule has 3 N–H and O–H groups in total. The molecule has 0 bridgehead atoms. The number of anilines is 3. The van der Waals surface area contributed by atoms with Crippen LogP contribution in [0.1, 0.15) is 13.3 Å². The zero-order valence-corrected chi connectivity index (χ0v) is 15.2. The Kier molecular flexibility index (Phi) is 5.61. The Labute approximate surface area is 156 Å².